The van der Waals surface area contributed by atoms with E-state index in [4.69, 9.17) is 4.74 Å². The Labute approximate surface area is 117 Å². The Hall–Kier alpha value is -1.62. The third-order valence-corrected chi connectivity index (χ3v) is 4.27. The fraction of sp³-hybridized carbons (Fsp3) is 0.533. The number of rotatable bonds is 2. The minimum atomic E-state index is -0.258. The normalized spacial score (nSPS) is 26.6. The van der Waals surface area contributed by atoms with Gasteiger partial charge in [0.2, 0.25) is 0 Å². The Kier molecular flexibility index (Phi) is 3.61. The van der Waals surface area contributed by atoms with Gasteiger partial charge in [0.05, 0.1) is 5.54 Å². The molecule has 0 aromatic heterocycles. The van der Waals surface area contributed by atoms with Crippen molar-refractivity contribution < 1.29 is 13.9 Å². The van der Waals surface area contributed by atoms with Gasteiger partial charge >= 0.3 is 6.09 Å². The highest BCUT2D eigenvalue weighted by molar-refractivity contribution is 5.71. The molecule has 108 valence electrons. The van der Waals surface area contributed by atoms with Crippen LogP contribution in [0.25, 0.3) is 0 Å². The third-order valence-electron chi connectivity index (χ3n) is 4.27. The SMILES string of the molecule is O=C1OCC2(CCCNCC2)N1Cc1ccc(F)cc1. The molecule has 1 aromatic carbocycles. The first-order valence-electron chi connectivity index (χ1n) is 7.09. The summed E-state index contributed by atoms with van der Waals surface area (Å²) in [6, 6.07) is 6.31. The second-order valence-corrected chi connectivity index (χ2v) is 5.60. The molecule has 2 fully saturated rings. The lowest BCUT2D eigenvalue weighted by atomic mass is 9.90. The molecule has 0 saturated carbocycles. The van der Waals surface area contributed by atoms with Gasteiger partial charge in [-0.3, -0.25) is 4.90 Å². The van der Waals surface area contributed by atoms with E-state index in [1.165, 1.54) is 12.1 Å². The monoisotopic (exact) mass is 278 g/mol. The van der Waals surface area contributed by atoms with Crippen molar-refractivity contribution in [3.8, 4) is 0 Å². The molecule has 2 saturated heterocycles. The summed E-state index contributed by atoms with van der Waals surface area (Å²) in [5.41, 5.74) is 0.733. The predicted molar refractivity (Wildman–Crippen MR) is 72.7 cm³/mol. The van der Waals surface area contributed by atoms with Crippen molar-refractivity contribution in [2.24, 2.45) is 0 Å². The zero-order chi connectivity index (χ0) is 14.0. The van der Waals surface area contributed by atoms with E-state index in [1.807, 2.05) is 4.90 Å². The Morgan fingerprint density at radius 1 is 1.25 bits per heavy atom. The number of halogens is 1. The second kappa shape index (κ2) is 5.40. The van der Waals surface area contributed by atoms with Crippen molar-refractivity contribution in [2.75, 3.05) is 19.7 Å². The summed E-state index contributed by atoms with van der Waals surface area (Å²) in [7, 11) is 0. The molecule has 3 rings (SSSR count). The van der Waals surface area contributed by atoms with Gasteiger partial charge in [-0.05, 0) is 50.0 Å². The first kappa shape index (κ1) is 13.4. The molecular weight excluding hydrogens is 259 g/mol. The number of hydrogen-bond donors (Lipinski definition) is 1. The number of carbonyl (C=O) groups excluding carboxylic acids is 1. The van der Waals surface area contributed by atoms with E-state index in [1.54, 1.807) is 12.1 Å². The van der Waals surface area contributed by atoms with Crippen molar-refractivity contribution in [1.29, 1.82) is 0 Å². The Bertz CT molecular complexity index is 481. The Balaban J connectivity index is 1.81. The van der Waals surface area contributed by atoms with Crippen LogP contribution >= 0.6 is 0 Å². The van der Waals surface area contributed by atoms with Gasteiger partial charge in [0.1, 0.15) is 12.4 Å². The first-order valence-corrected chi connectivity index (χ1v) is 7.09. The van der Waals surface area contributed by atoms with E-state index in [0.717, 1.165) is 37.9 Å². The number of nitrogens with one attached hydrogen (secondary N) is 1. The molecule has 2 aliphatic rings. The molecular formula is C15H19FN2O2. The van der Waals surface area contributed by atoms with Gasteiger partial charge in [-0.1, -0.05) is 12.1 Å². The number of nitrogens with zero attached hydrogens (tertiary/aromatic N) is 1. The summed E-state index contributed by atoms with van der Waals surface area (Å²) < 4.78 is 18.3. The van der Waals surface area contributed by atoms with Crippen LogP contribution in [0, 0.1) is 5.82 Å². The summed E-state index contributed by atoms with van der Waals surface area (Å²) in [5.74, 6) is -0.258. The topological polar surface area (TPSA) is 41.6 Å². The maximum Gasteiger partial charge on any atom is 0.410 e. The molecule has 1 atom stereocenters. The van der Waals surface area contributed by atoms with Gasteiger partial charge < -0.3 is 10.1 Å². The Morgan fingerprint density at radius 3 is 2.85 bits per heavy atom. The second-order valence-electron chi connectivity index (χ2n) is 5.60. The quantitative estimate of drug-likeness (QED) is 0.902. The molecule has 1 N–H and O–H groups in total. The van der Waals surface area contributed by atoms with E-state index in [2.05, 4.69) is 5.32 Å². The fourth-order valence-electron chi connectivity index (χ4n) is 3.08. The molecule has 1 spiro atoms. The molecule has 0 radical (unpaired) electrons. The summed E-state index contributed by atoms with van der Waals surface area (Å²) in [5, 5.41) is 3.36. The number of ether oxygens (including phenoxy) is 1. The van der Waals surface area contributed by atoms with E-state index >= 15 is 0 Å². The Morgan fingerprint density at radius 2 is 2.05 bits per heavy atom. The van der Waals surface area contributed by atoms with Gasteiger partial charge in [-0.2, -0.15) is 0 Å². The van der Waals surface area contributed by atoms with Gasteiger partial charge in [0, 0.05) is 6.54 Å². The largest absolute Gasteiger partial charge is 0.447 e. The third kappa shape index (κ3) is 2.50. The standard InChI is InChI=1S/C15H19FN2O2/c16-13-4-2-12(3-5-13)10-18-14(19)20-11-15(18)6-1-8-17-9-7-15/h2-5,17H,1,6-11H2. The summed E-state index contributed by atoms with van der Waals surface area (Å²) >= 11 is 0. The van der Waals surface area contributed by atoms with Crippen molar-refractivity contribution in [3.63, 3.8) is 0 Å². The number of carbonyl (C=O) groups is 1. The van der Waals surface area contributed by atoms with Gasteiger partial charge in [0.15, 0.2) is 0 Å². The molecule has 0 aliphatic carbocycles. The van der Waals surface area contributed by atoms with Crippen LogP contribution < -0.4 is 5.32 Å². The molecule has 5 heteroatoms. The lowest BCUT2D eigenvalue weighted by Gasteiger charge is -2.34. The zero-order valence-corrected chi connectivity index (χ0v) is 11.4. The van der Waals surface area contributed by atoms with Crippen LogP contribution in [0.3, 0.4) is 0 Å². The zero-order valence-electron chi connectivity index (χ0n) is 11.4. The number of benzene rings is 1. The number of hydrogen-bond acceptors (Lipinski definition) is 3. The van der Waals surface area contributed by atoms with E-state index in [9.17, 15) is 9.18 Å². The summed E-state index contributed by atoms with van der Waals surface area (Å²) in [6.45, 7) is 2.84. The average Bonchev–Trinajstić information content (AvgIpc) is 2.65. The molecule has 0 bridgehead atoms. The van der Waals surface area contributed by atoms with Crippen LogP contribution in [0.15, 0.2) is 24.3 Å². The lowest BCUT2D eigenvalue weighted by Crippen LogP contribution is -2.47. The van der Waals surface area contributed by atoms with Crippen LogP contribution in [0.4, 0.5) is 9.18 Å². The van der Waals surface area contributed by atoms with E-state index in [-0.39, 0.29) is 17.4 Å². The van der Waals surface area contributed by atoms with Crippen molar-refractivity contribution in [2.45, 2.75) is 31.3 Å². The van der Waals surface area contributed by atoms with E-state index in [0.29, 0.717) is 13.2 Å². The van der Waals surface area contributed by atoms with Crippen LogP contribution in [-0.2, 0) is 11.3 Å². The van der Waals surface area contributed by atoms with Gasteiger partial charge in [0.25, 0.3) is 0 Å². The molecule has 2 heterocycles. The minimum Gasteiger partial charge on any atom is -0.447 e. The van der Waals surface area contributed by atoms with Gasteiger partial charge in [-0.25, -0.2) is 9.18 Å². The maximum absolute atomic E-state index is 13.0. The minimum absolute atomic E-state index is 0.199. The predicted octanol–water partition coefficient (Wildman–Crippen LogP) is 2.29. The van der Waals surface area contributed by atoms with Crippen molar-refractivity contribution >= 4 is 6.09 Å². The average molecular weight is 278 g/mol. The summed E-state index contributed by atoms with van der Waals surface area (Å²) in [6.07, 6.45) is 2.64. The highest BCUT2D eigenvalue weighted by Gasteiger charge is 2.46. The number of cyclic esters (lactones) is 1. The molecule has 1 aromatic rings. The molecule has 1 unspecified atom stereocenters. The molecule has 20 heavy (non-hydrogen) atoms. The van der Waals surface area contributed by atoms with Crippen LogP contribution in [0.2, 0.25) is 0 Å². The fourth-order valence-corrected chi connectivity index (χ4v) is 3.08. The maximum atomic E-state index is 13.0. The number of amides is 1. The highest BCUT2D eigenvalue weighted by Crippen LogP contribution is 2.34. The smallest absolute Gasteiger partial charge is 0.410 e. The van der Waals surface area contributed by atoms with Crippen LogP contribution in [0.1, 0.15) is 24.8 Å². The molecule has 4 nitrogen and oxygen atoms in total. The van der Waals surface area contributed by atoms with E-state index < -0.39 is 0 Å². The lowest BCUT2D eigenvalue weighted by molar-refractivity contribution is 0.137. The summed E-state index contributed by atoms with van der Waals surface area (Å²) in [4.78, 5) is 13.9. The van der Waals surface area contributed by atoms with Crippen molar-refractivity contribution in [3.05, 3.63) is 35.6 Å². The van der Waals surface area contributed by atoms with Crippen molar-refractivity contribution in [1.82, 2.24) is 10.2 Å². The van der Waals surface area contributed by atoms with Crippen LogP contribution in [-0.4, -0.2) is 36.2 Å². The highest BCUT2D eigenvalue weighted by atomic mass is 19.1. The first-order chi connectivity index (χ1) is 9.70. The van der Waals surface area contributed by atoms with Gasteiger partial charge in [-0.15, -0.1) is 0 Å². The molecule has 1 amide bonds. The molecule has 2 aliphatic heterocycles. The van der Waals surface area contributed by atoms with Crippen LogP contribution in [0.5, 0.6) is 0 Å².